The molecule has 1 aromatic heterocycles. The lowest BCUT2D eigenvalue weighted by Crippen LogP contribution is -2.22. The summed E-state index contributed by atoms with van der Waals surface area (Å²) in [6, 6.07) is 14.8. The Morgan fingerprint density at radius 1 is 1.15 bits per heavy atom. The molecule has 3 rings (SSSR count). The third-order valence-electron chi connectivity index (χ3n) is 3.82. The summed E-state index contributed by atoms with van der Waals surface area (Å²) < 4.78 is 10.6. The Kier molecular flexibility index (Phi) is 5.97. The summed E-state index contributed by atoms with van der Waals surface area (Å²) in [6.07, 6.45) is 0. The van der Waals surface area contributed by atoms with Crippen molar-refractivity contribution in [2.24, 2.45) is 0 Å². The zero-order chi connectivity index (χ0) is 19.2. The van der Waals surface area contributed by atoms with E-state index in [0.29, 0.717) is 22.5 Å². The Morgan fingerprint density at radius 2 is 1.93 bits per heavy atom. The van der Waals surface area contributed by atoms with Gasteiger partial charge in [0.05, 0.1) is 25.0 Å². The van der Waals surface area contributed by atoms with Crippen molar-refractivity contribution in [2.45, 2.75) is 17.3 Å². The summed E-state index contributed by atoms with van der Waals surface area (Å²) in [5.41, 5.74) is 1.52. The van der Waals surface area contributed by atoms with Crippen molar-refractivity contribution in [1.82, 2.24) is 15.2 Å². The summed E-state index contributed by atoms with van der Waals surface area (Å²) in [6.45, 7) is 1.81. The molecule has 0 radical (unpaired) electrons. The Balaban J connectivity index is 1.70. The monoisotopic (exact) mass is 384 g/mol. The highest BCUT2D eigenvalue weighted by Gasteiger charge is 2.18. The number of benzene rings is 2. The molecule has 7 nitrogen and oxygen atoms in total. The maximum Gasteiger partial charge on any atom is 0.237 e. The van der Waals surface area contributed by atoms with E-state index >= 15 is 0 Å². The van der Waals surface area contributed by atoms with Gasteiger partial charge in [0.15, 0.2) is 5.82 Å². The largest absolute Gasteiger partial charge is 0.497 e. The minimum absolute atomic E-state index is 0.112. The standard InChI is InChI=1S/C19H20N4O3S/c1-12(18(24)20-13-7-5-4-6-8-13)27-19-21-17(22-23-19)15-10-9-14(25-2)11-16(15)26-3/h4-12H,1-3H3,(H,20,24)(H,21,22,23). The summed E-state index contributed by atoms with van der Waals surface area (Å²) in [5.74, 6) is 1.76. The maximum atomic E-state index is 12.3. The van der Waals surface area contributed by atoms with E-state index in [-0.39, 0.29) is 11.2 Å². The van der Waals surface area contributed by atoms with Gasteiger partial charge < -0.3 is 14.8 Å². The van der Waals surface area contributed by atoms with Gasteiger partial charge in [0.1, 0.15) is 11.5 Å². The summed E-state index contributed by atoms with van der Waals surface area (Å²) in [5, 5.41) is 10.1. The van der Waals surface area contributed by atoms with Gasteiger partial charge in [0.2, 0.25) is 11.1 Å². The molecule has 1 atom stereocenters. The number of carbonyl (C=O) groups is 1. The SMILES string of the molecule is COc1ccc(-c2nc(SC(C)C(=O)Nc3ccccc3)n[nH]2)c(OC)c1. The molecule has 0 saturated heterocycles. The van der Waals surface area contributed by atoms with Gasteiger partial charge in [-0.3, -0.25) is 9.89 Å². The fourth-order valence-corrected chi connectivity index (χ4v) is 3.12. The first-order valence-corrected chi connectivity index (χ1v) is 9.16. The molecule has 0 saturated carbocycles. The zero-order valence-electron chi connectivity index (χ0n) is 15.2. The van der Waals surface area contributed by atoms with Gasteiger partial charge in [-0.15, -0.1) is 5.10 Å². The van der Waals surface area contributed by atoms with Gasteiger partial charge in [-0.2, -0.15) is 0 Å². The molecule has 3 aromatic rings. The smallest absolute Gasteiger partial charge is 0.237 e. The lowest BCUT2D eigenvalue weighted by Gasteiger charge is -2.10. The number of H-pyrrole nitrogens is 1. The number of nitrogens with zero attached hydrogens (tertiary/aromatic N) is 2. The van der Waals surface area contributed by atoms with E-state index in [0.717, 1.165) is 11.3 Å². The first kappa shape index (κ1) is 18.8. The Bertz CT molecular complexity index is 914. The zero-order valence-corrected chi connectivity index (χ0v) is 16.0. The summed E-state index contributed by atoms with van der Waals surface area (Å²) in [4.78, 5) is 16.8. The fraction of sp³-hybridized carbons (Fsp3) is 0.211. The van der Waals surface area contributed by atoms with E-state index in [1.54, 1.807) is 20.3 Å². The average molecular weight is 384 g/mol. The van der Waals surface area contributed by atoms with Crippen molar-refractivity contribution in [1.29, 1.82) is 0 Å². The summed E-state index contributed by atoms with van der Waals surface area (Å²) >= 11 is 1.28. The molecule has 1 heterocycles. The van der Waals surface area contributed by atoms with Gasteiger partial charge in [-0.1, -0.05) is 30.0 Å². The molecule has 1 amide bonds. The normalized spacial score (nSPS) is 11.7. The van der Waals surface area contributed by atoms with E-state index in [1.807, 2.05) is 49.4 Å². The molecule has 140 valence electrons. The molecule has 8 heteroatoms. The lowest BCUT2D eigenvalue weighted by molar-refractivity contribution is -0.115. The number of methoxy groups -OCH3 is 2. The van der Waals surface area contributed by atoms with Crippen molar-refractivity contribution in [2.75, 3.05) is 19.5 Å². The topological polar surface area (TPSA) is 89.1 Å². The number of ether oxygens (including phenoxy) is 2. The number of anilines is 1. The molecule has 0 aliphatic rings. The number of carbonyl (C=O) groups excluding carboxylic acids is 1. The van der Waals surface area contributed by atoms with Crippen LogP contribution in [-0.4, -0.2) is 40.6 Å². The van der Waals surface area contributed by atoms with Crippen LogP contribution in [0.2, 0.25) is 0 Å². The second kappa shape index (κ2) is 8.59. The number of thioether (sulfide) groups is 1. The number of aromatic nitrogens is 3. The number of aromatic amines is 1. The van der Waals surface area contributed by atoms with Crippen LogP contribution in [0.4, 0.5) is 5.69 Å². The first-order chi connectivity index (χ1) is 13.1. The van der Waals surface area contributed by atoms with Crippen molar-refractivity contribution in [3.8, 4) is 22.9 Å². The van der Waals surface area contributed by atoms with Crippen LogP contribution in [0.3, 0.4) is 0 Å². The van der Waals surface area contributed by atoms with Gasteiger partial charge in [0.25, 0.3) is 0 Å². The van der Waals surface area contributed by atoms with E-state index < -0.39 is 0 Å². The second-order valence-corrected chi connectivity index (χ2v) is 6.96. The molecular formula is C19H20N4O3S. The lowest BCUT2D eigenvalue weighted by atomic mass is 10.2. The molecular weight excluding hydrogens is 364 g/mol. The van der Waals surface area contributed by atoms with Gasteiger partial charge >= 0.3 is 0 Å². The van der Waals surface area contributed by atoms with Crippen molar-refractivity contribution in [3.05, 3.63) is 48.5 Å². The molecule has 0 aliphatic heterocycles. The highest BCUT2D eigenvalue weighted by atomic mass is 32.2. The number of hydrogen-bond donors (Lipinski definition) is 2. The van der Waals surface area contributed by atoms with Crippen LogP contribution < -0.4 is 14.8 Å². The molecule has 2 aromatic carbocycles. The third-order valence-corrected chi connectivity index (χ3v) is 4.78. The van der Waals surface area contributed by atoms with Crippen LogP contribution in [0.5, 0.6) is 11.5 Å². The fourth-order valence-electron chi connectivity index (χ4n) is 2.39. The molecule has 0 fully saturated rings. The Labute approximate surface area is 161 Å². The molecule has 27 heavy (non-hydrogen) atoms. The predicted molar refractivity (Wildman–Crippen MR) is 105 cm³/mol. The predicted octanol–water partition coefficient (Wildman–Crippen LogP) is 3.61. The van der Waals surface area contributed by atoms with Crippen LogP contribution in [0.1, 0.15) is 6.92 Å². The van der Waals surface area contributed by atoms with Crippen LogP contribution >= 0.6 is 11.8 Å². The molecule has 2 N–H and O–H groups in total. The highest BCUT2D eigenvalue weighted by molar-refractivity contribution is 8.00. The third kappa shape index (κ3) is 4.59. The number of nitrogens with one attached hydrogen (secondary N) is 2. The van der Waals surface area contributed by atoms with E-state index in [2.05, 4.69) is 20.5 Å². The average Bonchev–Trinajstić information content (AvgIpc) is 3.16. The van der Waals surface area contributed by atoms with Crippen molar-refractivity contribution >= 4 is 23.4 Å². The number of amides is 1. The van der Waals surface area contributed by atoms with Crippen LogP contribution in [0.25, 0.3) is 11.4 Å². The van der Waals surface area contributed by atoms with Crippen LogP contribution in [0, 0.1) is 0 Å². The quantitative estimate of drug-likeness (QED) is 0.605. The van der Waals surface area contributed by atoms with Gasteiger partial charge in [-0.05, 0) is 31.2 Å². The van der Waals surface area contributed by atoms with Crippen LogP contribution in [-0.2, 0) is 4.79 Å². The van der Waals surface area contributed by atoms with Gasteiger partial charge in [-0.25, -0.2) is 4.98 Å². The Hall–Kier alpha value is -3.00. The van der Waals surface area contributed by atoms with Crippen molar-refractivity contribution < 1.29 is 14.3 Å². The molecule has 1 unspecified atom stereocenters. The maximum absolute atomic E-state index is 12.3. The first-order valence-electron chi connectivity index (χ1n) is 8.28. The van der Waals surface area contributed by atoms with E-state index in [9.17, 15) is 4.79 Å². The minimum Gasteiger partial charge on any atom is -0.497 e. The van der Waals surface area contributed by atoms with Gasteiger partial charge in [0, 0.05) is 11.8 Å². The highest BCUT2D eigenvalue weighted by Crippen LogP contribution is 2.32. The summed E-state index contributed by atoms with van der Waals surface area (Å²) in [7, 11) is 3.18. The number of para-hydroxylation sites is 1. The molecule has 0 bridgehead atoms. The van der Waals surface area contributed by atoms with Crippen molar-refractivity contribution in [3.63, 3.8) is 0 Å². The number of hydrogen-bond acceptors (Lipinski definition) is 6. The molecule has 0 spiro atoms. The second-order valence-electron chi connectivity index (χ2n) is 5.65. The van der Waals surface area contributed by atoms with Crippen LogP contribution in [0.15, 0.2) is 53.7 Å². The van der Waals surface area contributed by atoms with E-state index in [1.165, 1.54) is 11.8 Å². The molecule has 0 aliphatic carbocycles. The van der Waals surface area contributed by atoms with E-state index in [4.69, 9.17) is 9.47 Å². The Morgan fingerprint density at radius 3 is 2.63 bits per heavy atom. The minimum atomic E-state index is -0.355. The number of rotatable bonds is 7.